The monoisotopic (exact) mass is 340 g/mol. The molecule has 0 aromatic carbocycles. The lowest BCUT2D eigenvalue weighted by molar-refractivity contribution is 0.0599. The Morgan fingerprint density at radius 1 is 1.33 bits per heavy atom. The number of hydrogen-bond acceptors (Lipinski definition) is 7. The lowest BCUT2D eigenvalue weighted by Crippen LogP contribution is -2.10. The molecule has 0 unspecified atom stereocenters. The molecule has 0 amide bonds. The molecule has 1 fully saturated rings. The normalized spacial score (nSPS) is 13.9. The van der Waals surface area contributed by atoms with Gasteiger partial charge in [-0.3, -0.25) is 4.98 Å². The van der Waals surface area contributed by atoms with E-state index >= 15 is 0 Å². The first-order valence-corrected chi connectivity index (χ1v) is 8.64. The Morgan fingerprint density at radius 3 is 3.00 bits per heavy atom. The van der Waals surface area contributed by atoms with Crippen molar-refractivity contribution in [3.63, 3.8) is 0 Å². The van der Waals surface area contributed by atoms with Gasteiger partial charge in [-0.15, -0.1) is 11.3 Å². The van der Waals surface area contributed by atoms with E-state index in [0.29, 0.717) is 18.0 Å². The number of anilines is 1. The van der Waals surface area contributed by atoms with E-state index in [1.807, 2.05) is 23.6 Å². The second-order valence-corrected chi connectivity index (χ2v) is 6.61. The number of aromatic nitrogens is 3. The molecular weight excluding hydrogens is 324 g/mol. The SMILES string of the molecule is COC(=O)c1ccc(CNc2ncnc3sccc23)nc1C1CC1. The van der Waals surface area contributed by atoms with Crippen LogP contribution in [0.2, 0.25) is 0 Å². The molecule has 3 aromatic rings. The molecule has 7 heteroatoms. The molecule has 3 aromatic heterocycles. The number of nitrogens with one attached hydrogen (secondary N) is 1. The van der Waals surface area contributed by atoms with E-state index < -0.39 is 0 Å². The van der Waals surface area contributed by atoms with Crippen molar-refractivity contribution in [3.8, 4) is 0 Å². The summed E-state index contributed by atoms with van der Waals surface area (Å²) < 4.78 is 4.85. The van der Waals surface area contributed by atoms with Crippen molar-refractivity contribution in [2.24, 2.45) is 0 Å². The number of fused-ring (bicyclic) bond motifs is 1. The molecule has 3 heterocycles. The summed E-state index contributed by atoms with van der Waals surface area (Å²) in [5.41, 5.74) is 2.31. The lowest BCUT2D eigenvalue weighted by atomic mass is 10.1. The Balaban J connectivity index is 1.57. The fourth-order valence-electron chi connectivity index (χ4n) is 2.67. The molecule has 4 rings (SSSR count). The fraction of sp³-hybridized carbons (Fsp3) is 0.294. The molecular formula is C17H16N4O2S. The molecule has 1 aliphatic carbocycles. The number of methoxy groups -OCH3 is 1. The van der Waals surface area contributed by atoms with E-state index in [1.54, 1.807) is 17.7 Å². The highest BCUT2D eigenvalue weighted by Gasteiger charge is 2.30. The first kappa shape index (κ1) is 15.0. The zero-order valence-electron chi connectivity index (χ0n) is 13.2. The van der Waals surface area contributed by atoms with Crippen molar-refractivity contribution < 1.29 is 9.53 Å². The van der Waals surface area contributed by atoms with Crippen molar-refractivity contribution in [2.45, 2.75) is 25.3 Å². The lowest BCUT2D eigenvalue weighted by Gasteiger charge is -2.10. The number of carbonyl (C=O) groups is 1. The van der Waals surface area contributed by atoms with Crippen LogP contribution in [0.25, 0.3) is 10.2 Å². The molecule has 1 aliphatic rings. The van der Waals surface area contributed by atoms with Crippen LogP contribution in [-0.4, -0.2) is 28.0 Å². The summed E-state index contributed by atoms with van der Waals surface area (Å²) in [6, 6.07) is 5.67. The van der Waals surface area contributed by atoms with Crippen molar-refractivity contribution >= 4 is 33.3 Å². The maximum atomic E-state index is 11.9. The van der Waals surface area contributed by atoms with E-state index in [2.05, 4.69) is 20.3 Å². The van der Waals surface area contributed by atoms with E-state index in [9.17, 15) is 4.79 Å². The molecule has 0 spiro atoms. The van der Waals surface area contributed by atoms with Crippen LogP contribution in [0.1, 0.15) is 40.5 Å². The van der Waals surface area contributed by atoms with Gasteiger partial charge in [-0.05, 0) is 36.4 Å². The van der Waals surface area contributed by atoms with Crippen LogP contribution < -0.4 is 5.32 Å². The fourth-order valence-corrected chi connectivity index (χ4v) is 3.40. The maximum absolute atomic E-state index is 11.9. The second kappa shape index (κ2) is 6.16. The minimum atomic E-state index is -0.320. The van der Waals surface area contributed by atoms with Gasteiger partial charge in [-0.1, -0.05) is 0 Å². The molecule has 122 valence electrons. The Kier molecular flexibility index (Phi) is 3.86. The number of thiophene rings is 1. The molecule has 1 saturated carbocycles. The number of rotatable bonds is 5. The average Bonchev–Trinajstić information content (AvgIpc) is 3.35. The molecule has 1 N–H and O–H groups in total. The molecule has 6 nitrogen and oxygen atoms in total. The Hall–Kier alpha value is -2.54. The van der Waals surface area contributed by atoms with Crippen LogP contribution >= 0.6 is 11.3 Å². The zero-order chi connectivity index (χ0) is 16.5. The average molecular weight is 340 g/mol. The van der Waals surface area contributed by atoms with Crippen LogP contribution in [0.3, 0.4) is 0 Å². The van der Waals surface area contributed by atoms with E-state index in [4.69, 9.17) is 4.74 Å². The van der Waals surface area contributed by atoms with Gasteiger partial charge in [0, 0.05) is 5.92 Å². The number of carbonyl (C=O) groups excluding carboxylic acids is 1. The van der Waals surface area contributed by atoms with Crippen molar-refractivity contribution in [1.29, 1.82) is 0 Å². The topological polar surface area (TPSA) is 77.0 Å². The standard InChI is InChI=1S/C17H16N4O2S/c1-23-17(22)12-5-4-11(21-14(12)10-2-3-10)8-18-15-13-6-7-24-16(13)20-9-19-15/h4-7,9-10H,2-3,8H2,1H3,(H,18,19,20). The van der Waals surface area contributed by atoms with Crippen LogP contribution in [0.4, 0.5) is 5.82 Å². The first-order chi connectivity index (χ1) is 11.8. The third kappa shape index (κ3) is 2.82. The van der Waals surface area contributed by atoms with E-state index in [-0.39, 0.29) is 5.97 Å². The van der Waals surface area contributed by atoms with Crippen LogP contribution in [-0.2, 0) is 11.3 Å². The summed E-state index contributed by atoms with van der Waals surface area (Å²) in [5, 5.41) is 6.33. The van der Waals surface area contributed by atoms with Crippen molar-refractivity contribution in [2.75, 3.05) is 12.4 Å². The highest BCUT2D eigenvalue weighted by molar-refractivity contribution is 7.16. The molecule has 0 aliphatic heterocycles. The highest BCUT2D eigenvalue weighted by Crippen LogP contribution is 2.40. The first-order valence-electron chi connectivity index (χ1n) is 7.76. The predicted molar refractivity (Wildman–Crippen MR) is 92.3 cm³/mol. The minimum Gasteiger partial charge on any atom is -0.465 e. The number of hydrogen-bond donors (Lipinski definition) is 1. The van der Waals surface area contributed by atoms with Gasteiger partial charge < -0.3 is 10.1 Å². The third-order valence-electron chi connectivity index (χ3n) is 4.05. The number of esters is 1. The number of pyridine rings is 1. The van der Waals surface area contributed by atoms with Gasteiger partial charge in [0.1, 0.15) is 17.0 Å². The molecule has 0 bridgehead atoms. The Labute approximate surface area is 142 Å². The van der Waals surface area contributed by atoms with Gasteiger partial charge in [0.15, 0.2) is 0 Å². The predicted octanol–water partition coefficient (Wildman–Crippen LogP) is 3.36. The van der Waals surface area contributed by atoms with Crippen molar-refractivity contribution in [3.05, 3.63) is 46.9 Å². The van der Waals surface area contributed by atoms with Crippen LogP contribution in [0.15, 0.2) is 29.9 Å². The van der Waals surface area contributed by atoms with Gasteiger partial charge in [-0.25, -0.2) is 14.8 Å². The van der Waals surface area contributed by atoms with Gasteiger partial charge in [-0.2, -0.15) is 0 Å². The van der Waals surface area contributed by atoms with E-state index in [1.165, 1.54) is 7.11 Å². The van der Waals surface area contributed by atoms with Crippen molar-refractivity contribution in [1.82, 2.24) is 15.0 Å². The minimum absolute atomic E-state index is 0.320. The molecule has 0 radical (unpaired) electrons. The molecule has 0 atom stereocenters. The molecule has 24 heavy (non-hydrogen) atoms. The Bertz CT molecular complexity index is 904. The quantitative estimate of drug-likeness (QED) is 0.718. The second-order valence-electron chi connectivity index (χ2n) is 5.72. The zero-order valence-corrected chi connectivity index (χ0v) is 14.0. The third-order valence-corrected chi connectivity index (χ3v) is 4.87. The summed E-state index contributed by atoms with van der Waals surface area (Å²) in [5.74, 6) is 0.856. The Morgan fingerprint density at radius 2 is 2.21 bits per heavy atom. The molecule has 0 saturated heterocycles. The number of ether oxygens (including phenoxy) is 1. The highest BCUT2D eigenvalue weighted by atomic mass is 32.1. The summed E-state index contributed by atoms with van der Waals surface area (Å²) in [6.45, 7) is 0.545. The summed E-state index contributed by atoms with van der Waals surface area (Å²) in [4.78, 5) is 26.1. The van der Waals surface area contributed by atoms with Gasteiger partial charge in [0.2, 0.25) is 0 Å². The van der Waals surface area contributed by atoms with Gasteiger partial charge >= 0.3 is 5.97 Å². The van der Waals surface area contributed by atoms with Crippen LogP contribution in [0.5, 0.6) is 0 Å². The smallest absolute Gasteiger partial charge is 0.339 e. The summed E-state index contributed by atoms with van der Waals surface area (Å²) in [6.07, 6.45) is 3.72. The maximum Gasteiger partial charge on any atom is 0.339 e. The van der Waals surface area contributed by atoms with Crippen LogP contribution in [0, 0.1) is 0 Å². The van der Waals surface area contributed by atoms with Gasteiger partial charge in [0.05, 0.1) is 36.0 Å². The number of nitrogens with zero attached hydrogens (tertiary/aromatic N) is 3. The largest absolute Gasteiger partial charge is 0.465 e. The summed E-state index contributed by atoms with van der Waals surface area (Å²) in [7, 11) is 1.40. The summed E-state index contributed by atoms with van der Waals surface area (Å²) >= 11 is 1.59. The van der Waals surface area contributed by atoms with Gasteiger partial charge in [0.25, 0.3) is 0 Å². The van der Waals surface area contributed by atoms with E-state index in [0.717, 1.165) is 40.3 Å².